The highest BCUT2D eigenvalue weighted by atomic mass is 14.2. The molecule has 0 aliphatic heterocycles. The van der Waals surface area contributed by atoms with E-state index in [1.54, 1.807) is 0 Å². The molecular formula is C10H18. The van der Waals surface area contributed by atoms with Gasteiger partial charge in [-0.2, -0.15) is 0 Å². The van der Waals surface area contributed by atoms with E-state index in [0.717, 1.165) is 11.8 Å². The van der Waals surface area contributed by atoms with Gasteiger partial charge in [0.2, 0.25) is 0 Å². The lowest BCUT2D eigenvalue weighted by molar-refractivity contribution is 0.375. The van der Waals surface area contributed by atoms with Gasteiger partial charge in [0.15, 0.2) is 0 Å². The minimum atomic E-state index is 0.888. The Balaban J connectivity index is 2.38. The lowest BCUT2D eigenvalue weighted by Gasteiger charge is -2.21. The third-order valence-electron chi connectivity index (χ3n) is 2.67. The average Bonchev–Trinajstić information content (AvgIpc) is 2.05. The molecule has 0 aromatic heterocycles. The molecule has 2 atom stereocenters. The molecule has 1 rings (SSSR count). The summed E-state index contributed by atoms with van der Waals surface area (Å²) in [5.41, 5.74) is 0. The number of rotatable bonds is 2. The first-order valence-corrected chi connectivity index (χ1v) is 4.51. The van der Waals surface area contributed by atoms with Gasteiger partial charge in [0.1, 0.15) is 0 Å². The zero-order chi connectivity index (χ0) is 7.40. The standard InChI is InChI=1S/C10H18/c1-3-9(2)10-7-5-4-6-8-10/h5,7,9-10H,3-4,6,8H2,1-2H3/t9-,10-/m1/s1. The van der Waals surface area contributed by atoms with Crippen LogP contribution in [0.2, 0.25) is 0 Å². The lowest BCUT2D eigenvalue weighted by atomic mass is 9.84. The van der Waals surface area contributed by atoms with Gasteiger partial charge in [0.05, 0.1) is 0 Å². The summed E-state index contributed by atoms with van der Waals surface area (Å²) in [6.45, 7) is 4.65. The van der Waals surface area contributed by atoms with Crippen LogP contribution in [0.4, 0.5) is 0 Å². The van der Waals surface area contributed by atoms with E-state index in [4.69, 9.17) is 0 Å². The molecule has 0 N–H and O–H groups in total. The molecule has 0 radical (unpaired) electrons. The number of allylic oxidation sites excluding steroid dienone is 2. The van der Waals surface area contributed by atoms with Crippen molar-refractivity contribution in [2.45, 2.75) is 39.5 Å². The van der Waals surface area contributed by atoms with Crippen molar-refractivity contribution in [3.63, 3.8) is 0 Å². The minimum Gasteiger partial charge on any atom is -0.0882 e. The minimum absolute atomic E-state index is 0.888. The fraction of sp³-hybridized carbons (Fsp3) is 0.800. The fourth-order valence-electron chi connectivity index (χ4n) is 1.62. The van der Waals surface area contributed by atoms with Crippen LogP contribution in [0.25, 0.3) is 0 Å². The van der Waals surface area contributed by atoms with E-state index in [9.17, 15) is 0 Å². The van der Waals surface area contributed by atoms with Gasteiger partial charge in [-0.3, -0.25) is 0 Å². The summed E-state index contributed by atoms with van der Waals surface area (Å²) < 4.78 is 0. The predicted molar refractivity (Wildman–Crippen MR) is 45.9 cm³/mol. The van der Waals surface area contributed by atoms with Crippen molar-refractivity contribution in [1.82, 2.24) is 0 Å². The van der Waals surface area contributed by atoms with Gasteiger partial charge in [-0.25, -0.2) is 0 Å². The predicted octanol–water partition coefficient (Wildman–Crippen LogP) is 3.39. The highest BCUT2D eigenvalue weighted by Crippen LogP contribution is 2.25. The number of hydrogen-bond acceptors (Lipinski definition) is 0. The van der Waals surface area contributed by atoms with E-state index in [0.29, 0.717) is 0 Å². The maximum absolute atomic E-state index is 2.41. The summed E-state index contributed by atoms with van der Waals surface area (Å²) in [7, 11) is 0. The topological polar surface area (TPSA) is 0 Å². The Morgan fingerprint density at radius 1 is 1.60 bits per heavy atom. The molecule has 0 aromatic carbocycles. The Labute approximate surface area is 64.3 Å². The SMILES string of the molecule is CC[C@@H](C)[C@@H]1C=CCCC1. The van der Waals surface area contributed by atoms with Gasteiger partial charge in [0.25, 0.3) is 0 Å². The summed E-state index contributed by atoms with van der Waals surface area (Å²) in [5.74, 6) is 1.79. The van der Waals surface area contributed by atoms with Crippen LogP contribution in [-0.4, -0.2) is 0 Å². The first-order valence-electron chi connectivity index (χ1n) is 4.51. The number of hydrogen-bond donors (Lipinski definition) is 0. The van der Waals surface area contributed by atoms with E-state index >= 15 is 0 Å². The van der Waals surface area contributed by atoms with Crippen molar-refractivity contribution in [2.24, 2.45) is 11.8 Å². The molecule has 0 saturated carbocycles. The quantitative estimate of drug-likeness (QED) is 0.513. The largest absolute Gasteiger partial charge is 0.0882 e. The van der Waals surface area contributed by atoms with Crippen LogP contribution in [0.15, 0.2) is 12.2 Å². The van der Waals surface area contributed by atoms with Gasteiger partial charge in [-0.15, -0.1) is 0 Å². The average molecular weight is 138 g/mol. The zero-order valence-electron chi connectivity index (χ0n) is 7.14. The van der Waals surface area contributed by atoms with Crippen molar-refractivity contribution in [3.8, 4) is 0 Å². The molecule has 0 amide bonds. The summed E-state index contributed by atoms with van der Waals surface area (Å²) in [6, 6.07) is 0. The highest BCUT2D eigenvalue weighted by molar-refractivity contribution is 4.94. The van der Waals surface area contributed by atoms with Crippen LogP contribution in [0.3, 0.4) is 0 Å². The molecule has 0 unspecified atom stereocenters. The molecule has 0 nitrogen and oxygen atoms in total. The first-order chi connectivity index (χ1) is 4.84. The Morgan fingerprint density at radius 2 is 2.40 bits per heavy atom. The van der Waals surface area contributed by atoms with Crippen LogP contribution in [0.5, 0.6) is 0 Å². The molecule has 0 aromatic rings. The Morgan fingerprint density at radius 3 is 2.90 bits per heavy atom. The van der Waals surface area contributed by atoms with Crippen LogP contribution in [0, 0.1) is 11.8 Å². The lowest BCUT2D eigenvalue weighted by Crippen LogP contribution is -2.10. The summed E-state index contributed by atoms with van der Waals surface area (Å²) in [4.78, 5) is 0. The second-order valence-corrected chi connectivity index (χ2v) is 3.41. The van der Waals surface area contributed by atoms with Crippen molar-refractivity contribution in [3.05, 3.63) is 12.2 Å². The zero-order valence-corrected chi connectivity index (χ0v) is 7.14. The smallest absolute Gasteiger partial charge is 0.0208 e. The molecule has 0 heterocycles. The normalized spacial score (nSPS) is 28.4. The van der Waals surface area contributed by atoms with Gasteiger partial charge in [-0.05, 0) is 31.1 Å². The van der Waals surface area contributed by atoms with E-state index in [1.165, 1.54) is 25.7 Å². The van der Waals surface area contributed by atoms with E-state index in [-0.39, 0.29) is 0 Å². The molecule has 0 fully saturated rings. The van der Waals surface area contributed by atoms with Crippen LogP contribution in [0.1, 0.15) is 39.5 Å². The summed E-state index contributed by atoms with van der Waals surface area (Å²) in [6.07, 6.45) is 10.2. The van der Waals surface area contributed by atoms with E-state index in [1.807, 2.05) is 0 Å². The maximum Gasteiger partial charge on any atom is -0.0208 e. The molecule has 0 bridgehead atoms. The Hall–Kier alpha value is -0.260. The third kappa shape index (κ3) is 1.86. The molecular weight excluding hydrogens is 120 g/mol. The van der Waals surface area contributed by atoms with E-state index in [2.05, 4.69) is 26.0 Å². The Kier molecular flexibility index (Phi) is 2.98. The molecule has 0 heteroatoms. The van der Waals surface area contributed by atoms with Gasteiger partial charge < -0.3 is 0 Å². The molecule has 10 heavy (non-hydrogen) atoms. The van der Waals surface area contributed by atoms with Crippen molar-refractivity contribution < 1.29 is 0 Å². The Bertz CT molecular complexity index is 113. The molecule has 1 aliphatic carbocycles. The van der Waals surface area contributed by atoms with Crippen molar-refractivity contribution in [2.75, 3.05) is 0 Å². The second-order valence-electron chi connectivity index (χ2n) is 3.41. The molecule has 58 valence electrons. The van der Waals surface area contributed by atoms with Crippen LogP contribution in [-0.2, 0) is 0 Å². The second kappa shape index (κ2) is 3.80. The maximum atomic E-state index is 2.41. The summed E-state index contributed by atoms with van der Waals surface area (Å²) in [5, 5.41) is 0. The third-order valence-corrected chi connectivity index (χ3v) is 2.67. The van der Waals surface area contributed by atoms with Crippen LogP contribution < -0.4 is 0 Å². The van der Waals surface area contributed by atoms with Crippen molar-refractivity contribution in [1.29, 1.82) is 0 Å². The first kappa shape index (κ1) is 7.84. The monoisotopic (exact) mass is 138 g/mol. The van der Waals surface area contributed by atoms with Gasteiger partial charge >= 0.3 is 0 Å². The van der Waals surface area contributed by atoms with E-state index < -0.39 is 0 Å². The molecule has 0 spiro atoms. The van der Waals surface area contributed by atoms with Crippen LogP contribution >= 0.6 is 0 Å². The molecule has 1 aliphatic rings. The summed E-state index contributed by atoms with van der Waals surface area (Å²) >= 11 is 0. The highest BCUT2D eigenvalue weighted by Gasteiger charge is 2.13. The molecule has 0 saturated heterocycles. The van der Waals surface area contributed by atoms with Gasteiger partial charge in [-0.1, -0.05) is 32.4 Å². The van der Waals surface area contributed by atoms with Crippen molar-refractivity contribution >= 4 is 0 Å². The fourth-order valence-corrected chi connectivity index (χ4v) is 1.62. The van der Waals surface area contributed by atoms with Gasteiger partial charge in [0, 0.05) is 0 Å².